The van der Waals surface area contributed by atoms with Gasteiger partial charge in [-0.25, -0.2) is 18.1 Å². The molecule has 1 fully saturated rings. The maximum atomic E-state index is 12.9. The minimum atomic E-state index is -2.52. The number of pyridine rings is 1. The second kappa shape index (κ2) is 6.53. The summed E-state index contributed by atoms with van der Waals surface area (Å²) in [7, 11) is 0. The molecule has 124 valence electrons. The van der Waals surface area contributed by atoms with Gasteiger partial charge in [-0.1, -0.05) is 12.1 Å². The zero-order valence-corrected chi connectivity index (χ0v) is 13.8. The van der Waals surface area contributed by atoms with Gasteiger partial charge in [-0.15, -0.1) is 0 Å². The topological polar surface area (TPSA) is 31.9 Å². The van der Waals surface area contributed by atoms with E-state index in [0.29, 0.717) is 5.65 Å². The van der Waals surface area contributed by atoms with Crippen LogP contribution in [0.3, 0.4) is 0 Å². The number of hydrogen-bond donors (Lipinski definition) is 1. The SMILES string of the molecule is FC(F)c1cc2c(-c3ccc(SN4CCCC4)cc3)ccnc2[nH]1. The number of halogens is 2. The molecule has 1 aromatic carbocycles. The molecule has 24 heavy (non-hydrogen) atoms. The highest BCUT2D eigenvalue weighted by molar-refractivity contribution is 7.97. The maximum Gasteiger partial charge on any atom is 0.278 e. The molecule has 1 aliphatic rings. The van der Waals surface area contributed by atoms with Crippen molar-refractivity contribution in [2.75, 3.05) is 13.1 Å². The second-order valence-corrected chi connectivity index (χ2v) is 7.07. The standard InChI is InChI=1S/C18H17F2N3S/c19-17(20)16-11-15-14(7-8-21-18(15)22-16)12-3-5-13(6-4-12)24-23-9-1-2-10-23/h3-8,11,17H,1-2,9-10H2,(H,21,22). The lowest BCUT2D eigenvalue weighted by Gasteiger charge is -2.13. The molecule has 3 heterocycles. The quantitative estimate of drug-likeness (QED) is 0.654. The van der Waals surface area contributed by atoms with Crippen molar-refractivity contribution < 1.29 is 8.78 Å². The summed E-state index contributed by atoms with van der Waals surface area (Å²) in [6.07, 6.45) is 1.66. The van der Waals surface area contributed by atoms with E-state index < -0.39 is 6.43 Å². The Balaban J connectivity index is 1.64. The summed E-state index contributed by atoms with van der Waals surface area (Å²) in [5.74, 6) is 0. The van der Waals surface area contributed by atoms with E-state index in [2.05, 4.69) is 26.4 Å². The number of benzene rings is 1. The second-order valence-electron chi connectivity index (χ2n) is 5.90. The Bertz CT molecular complexity index is 839. The molecule has 3 aromatic rings. The van der Waals surface area contributed by atoms with Crippen molar-refractivity contribution in [2.45, 2.75) is 24.2 Å². The van der Waals surface area contributed by atoms with Crippen molar-refractivity contribution in [3.05, 3.63) is 48.3 Å². The molecular formula is C18H17F2N3S. The lowest BCUT2D eigenvalue weighted by atomic mass is 10.0. The van der Waals surface area contributed by atoms with E-state index in [4.69, 9.17) is 0 Å². The van der Waals surface area contributed by atoms with Crippen LogP contribution in [0.25, 0.3) is 22.2 Å². The molecule has 0 unspecified atom stereocenters. The number of nitrogens with one attached hydrogen (secondary N) is 1. The maximum absolute atomic E-state index is 12.9. The van der Waals surface area contributed by atoms with Crippen molar-refractivity contribution in [1.82, 2.24) is 14.3 Å². The zero-order chi connectivity index (χ0) is 16.5. The number of aromatic amines is 1. The van der Waals surface area contributed by atoms with Crippen molar-refractivity contribution >= 4 is 23.0 Å². The summed E-state index contributed by atoms with van der Waals surface area (Å²) in [6, 6.07) is 11.6. The van der Waals surface area contributed by atoms with Crippen LogP contribution in [-0.4, -0.2) is 27.4 Å². The van der Waals surface area contributed by atoms with E-state index in [-0.39, 0.29) is 5.69 Å². The molecule has 0 atom stereocenters. The Labute approximate surface area is 143 Å². The van der Waals surface area contributed by atoms with E-state index >= 15 is 0 Å². The highest BCUT2D eigenvalue weighted by Gasteiger charge is 2.15. The highest BCUT2D eigenvalue weighted by Crippen LogP contribution is 2.33. The lowest BCUT2D eigenvalue weighted by molar-refractivity contribution is 0.147. The van der Waals surface area contributed by atoms with E-state index in [1.165, 1.54) is 23.8 Å². The Morgan fingerprint density at radius 3 is 2.54 bits per heavy atom. The van der Waals surface area contributed by atoms with Gasteiger partial charge < -0.3 is 4.98 Å². The molecule has 0 spiro atoms. The summed E-state index contributed by atoms with van der Waals surface area (Å²) in [6.45, 7) is 2.27. The average molecular weight is 345 g/mol. The average Bonchev–Trinajstić information content (AvgIpc) is 3.24. The van der Waals surface area contributed by atoms with Gasteiger partial charge in [0.1, 0.15) is 5.65 Å². The molecule has 2 aromatic heterocycles. The lowest BCUT2D eigenvalue weighted by Crippen LogP contribution is -2.08. The van der Waals surface area contributed by atoms with Crippen LogP contribution in [0.15, 0.2) is 47.5 Å². The molecule has 0 saturated carbocycles. The third-order valence-electron chi connectivity index (χ3n) is 4.25. The van der Waals surface area contributed by atoms with Crippen LogP contribution in [0.2, 0.25) is 0 Å². The van der Waals surface area contributed by atoms with E-state index in [1.807, 2.05) is 18.2 Å². The molecule has 1 saturated heterocycles. The van der Waals surface area contributed by atoms with Crippen LogP contribution in [0.5, 0.6) is 0 Å². The summed E-state index contributed by atoms with van der Waals surface area (Å²) in [4.78, 5) is 8.05. The van der Waals surface area contributed by atoms with E-state index in [1.54, 1.807) is 18.1 Å². The minimum absolute atomic E-state index is 0.0915. The summed E-state index contributed by atoms with van der Waals surface area (Å²) in [5.41, 5.74) is 2.33. The number of nitrogens with zero attached hydrogens (tertiary/aromatic N) is 2. The Kier molecular flexibility index (Phi) is 4.24. The molecule has 0 radical (unpaired) electrons. The van der Waals surface area contributed by atoms with Crippen molar-refractivity contribution in [1.29, 1.82) is 0 Å². The van der Waals surface area contributed by atoms with Crippen molar-refractivity contribution in [3.8, 4) is 11.1 Å². The number of H-pyrrole nitrogens is 1. The van der Waals surface area contributed by atoms with Crippen LogP contribution in [0.1, 0.15) is 25.0 Å². The minimum Gasteiger partial charge on any atom is -0.338 e. The predicted octanol–water partition coefficient (Wildman–Crippen LogP) is 5.27. The van der Waals surface area contributed by atoms with Crippen LogP contribution in [0, 0.1) is 0 Å². The number of fused-ring (bicyclic) bond motifs is 1. The van der Waals surface area contributed by atoms with Crippen LogP contribution in [0.4, 0.5) is 8.78 Å². The van der Waals surface area contributed by atoms with Crippen molar-refractivity contribution in [2.24, 2.45) is 0 Å². The zero-order valence-electron chi connectivity index (χ0n) is 13.0. The molecule has 0 bridgehead atoms. The first-order chi connectivity index (χ1) is 11.7. The number of aromatic nitrogens is 2. The molecule has 6 heteroatoms. The summed E-state index contributed by atoms with van der Waals surface area (Å²) < 4.78 is 28.2. The largest absolute Gasteiger partial charge is 0.338 e. The number of hydrogen-bond acceptors (Lipinski definition) is 3. The third-order valence-corrected chi connectivity index (χ3v) is 5.36. The van der Waals surface area contributed by atoms with Gasteiger partial charge in [0.15, 0.2) is 0 Å². The van der Waals surface area contributed by atoms with Gasteiger partial charge in [0.25, 0.3) is 6.43 Å². The Morgan fingerprint density at radius 1 is 1.08 bits per heavy atom. The van der Waals surface area contributed by atoms with Gasteiger partial charge in [-0.05, 0) is 60.2 Å². The number of rotatable bonds is 4. The summed E-state index contributed by atoms with van der Waals surface area (Å²) >= 11 is 1.78. The monoisotopic (exact) mass is 345 g/mol. The van der Waals surface area contributed by atoms with Crippen molar-refractivity contribution in [3.63, 3.8) is 0 Å². The van der Waals surface area contributed by atoms with E-state index in [0.717, 1.165) is 29.6 Å². The molecule has 1 N–H and O–H groups in total. The first kappa shape index (κ1) is 15.6. The fourth-order valence-electron chi connectivity index (χ4n) is 3.04. The van der Waals surface area contributed by atoms with Gasteiger partial charge in [-0.2, -0.15) is 0 Å². The van der Waals surface area contributed by atoms with Gasteiger partial charge in [0.2, 0.25) is 0 Å². The smallest absolute Gasteiger partial charge is 0.278 e. The van der Waals surface area contributed by atoms with Crippen LogP contribution < -0.4 is 0 Å². The van der Waals surface area contributed by atoms with Crippen LogP contribution >= 0.6 is 11.9 Å². The fourth-order valence-corrected chi connectivity index (χ4v) is 4.04. The molecule has 1 aliphatic heterocycles. The first-order valence-electron chi connectivity index (χ1n) is 8.00. The summed E-state index contributed by atoms with van der Waals surface area (Å²) in [5, 5.41) is 0.729. The molecule has 0 aliphatic carbocycles. The number of alkyl halides is 2. The van der Waals surface area contributed by atoms with E-state index in [9.17, 15) is 8.78 Å². The normalized spacial score (nSPS) is 15.6. The fraction of sp³-hybridized carbons (Fsp3) is 0.278. The molecule has 3 nitrogen and oxygen atoms in total. The molecule has 4 rings (SSSR count). The van der Waals surface area contributed by atoms with Gasteiger partial charge in [-0.3, -0.25) is 0 Å². The molecular weight excluding hydrogens is 328 g/mol. The van der Waals surface area contributed by atoms with Gasteiger partial charge in [0.05, 0.1) is 5.69 Å². The third kappa shape index (κ3) is 3.03. The Morgan fingerprint density at radius 2 is 1.83 bits per heavy atom. The van der Waals surface area contributed by atoms with Gasteiger partial charge >= 0.3 is 0 Å². The highest BCUT2D eigenvalue weighted by atomic mass is 32.2. The molecule has 0 amide bonds. The van der Waals surface area contributed by atoms with Crippen LogP contribution in [-0.2, 0) is 0 Å². The van der Waals surface area contributed by atoms with Gasteiger partial charge in [0, 0.05) is 29.6 Å². The first-order valence-corrected chi connectivity index (χ1v) is 8.77. The predicted molar refractivity (Wildman–Crippen MR) is 93.2 cm³/mol. The Hall–Kier alpha value is -1.92.